The van der Waals surface area contributed by atoms with Crippen molar-refractivity contribution in [2.45, 2.75) is 13.5 Å². The number of anilines is 1. The van der Waals surface area contributed by atoms with Gasteiger partial charge < -0.3 is 15.1 Å². The topological polar surface area (TPSA) is 91.3 Å². The van der Waals surface area contributed by atoms with Crippen LogP contribution in [0.15, 0.2) is 30.5 Å². The third kappa shape index (κ3) is 4.28. The van der Waals surface area contributed by atoms with Gasteiger partial charge in [-0.3, -0.25) is 14.6 Å². The third-order valence-corrected chi connectivity index (χ3v) is 3.98. The van der Waals surface area contributed by atoms with Crippen LogP contribution in [0, 0.1) is 6.92 Å². The number of amides is 2. The molecule has 0 bridgehead atoms. The fourth-order valence-corrected chi connectivity index (χ4v) is 2.64. The van der Waals surface area contributed by atoms with Crippen molar-refractivity contribution in [1.29, 1.82) is 0 Å². The number of piperazine rings is 1. The molecule has 1 aliphatic rings. The van der Waals surface area contributed by atoms with Crippen molar-refractivity contribution in [3.63, 3.8) is 0 Å². The fourth-order valence-electron chi connectivity index (χ4n) is 2.64. The SMILES string of the molecule is Cc1nc(NCc2ccccn2)cc(C(=O)N2CCN(C=O)CC2)n1. The number of hydrogen-bond acceptors (Lipinski definition) is 6. The second-order valence-electron chi connectivity index (χ2n) is 5.79. The molecule has 8 heteroatoms. The molecule has 0 spiro atoms. The molecule has 8 nitrogen and oxygen atoms in total. The minimum Gasteiger partial charge on any atom is -0.364 e. The molecule has 3 rings (SSSR count). The molecule has 2 amide bonds. The summed E-state index contributed by atoms with van der Waals surface area (Å²) in [6, 6.07) is 7.35. The van der Waals surface area contributed by atoms with Crippen molar-refractivity contribution in [2.75, 3.05) is 31.5 Å². The van der Waals surface area contributed by atoms with Crippen LogP contribution in [0.2, 0.25) is 0 Å². The van der Waals surface area contributed by atoms with Gasteiger partial charge in [-0.15, -0.1) is 0 Å². The molecule has 2 aromatic heterocycles. The van der Waals surface area contributed by atoms with Gasteiger partial charge in [-0.25, -0.2) is 9.97 Å². The van der Waals surface area contributed by atoms with Crippen LogP contribution in [0.5, 0.6) is 0 Å². The lowest BCUT2D eigenvalue weighted by Crippen LogP contribution is -2.48. The Balaban J connectivity index is 1.68. The van der Waals surface area contributed by atoms with E-state index in [1.807, 2.05) is 18.2 Å². The summed E-state index contributed by atoms with van der Waals surface area (Å²) in [7, 11) is 0. The van der Waals surface area contributed by atoms with E-state index in [0.717, 1.165) is 12.1 Å². The molecule has 1 N–H and O–H groups in total. The molecule has 1 fully saturated rings. The van der Waals surface area contributed by atoms with E-state index in [1.165, 1.54) is 0 Å². The predicted octanol–water partition coefficient (Wildman–Crippen LogP) is 0.706. The van der Waals surface area contributed by atoms with Gasteiger partial charge in [0.15, 0.2) is 0 Å². The first-order valence-electron chi connectivity index (χ1n) is 8.14. The molecule has 1 saturated heterocycles. The second kappa shape index (κ2) is 7.69. The van der Waals surface area contributed by atoms with Crippen LogP contribution < -0.4 is 5.32 Å². The minimum atomic E-state index is -0.142. The first kappa shape index (κ1) is 16.8. The van der Waals surface area contributed by atoms with Crippen molar-refractivity contribution in [3.8, 4) is 0 Å². The number of aryl methyl sites for hydroxylation is 1. The molecule has 0 atom stereocenters. The number of carbonyl (C=O) groups excluding carboxylic acids is 2. The van der Waals surface area contributed by atoms with Crippen LogP contribution in [0.1, 0.15) is 22.0 Å². The van der Waals surface area contributed by atoms with Crippen LogP contribution in [0.3, 0.4) is 0 Å². The van der Waals surface area contributed by atoms with Gasteiger partial charge in [0.1, 0.15) is 17.3 Å². The average Bonchev–Trinajstić information content (AvgIpc) is 2.66. The van der Waals surface area contributed by atoms with Crippen LogP contribution in [-0.2, 0) is 11.3 Å². The van der Waals surface area contributed by atoms with E-state index in [-0.39, 0.29) is 5.91 Å². The highest BCUT2D eigenvalue weighted by Crippen LogP contribution is 2.12. The van der Waals surface area contributed by atoms with E-state index < -0.39 is 0 Å². The van der Waals surface area contributed by atoms with Gasteiger partial charge in [0.05, 0.1) is 12.2 Å². The maximum absolute atomic E-state index is 12.7. The first-order valence-corrected chi connectivity index (χ1v) is 8.14. The van der Waals surface area contributed by atoms with Crippen molar-refractivity contribution >= 4 is 18.1 Å². The summed E-state index contributed by atoms with van der Waals surface area (Å²) in [5.41, 5.74) is 1.24. The molecule has 0 aliphatic carbocycles. The number of nitrogens with zero attached hydrogens (tertiary/aromatic N) is 5. The number of carbonyl (C=O) groups is 2. The zero-order chi connectivity index (χ0) is 17.6. The highest BCUT2D eigenvalue weighted by Gasteiger charge is 2.23. The summed E-state index contributed by atoms with van der Waals surface area (Å²) >= 11 is 0. The smallest absolute Gasteiger partial charge is 0.272 e. The van der Waals surface area contributed by atoms with Crippen LogP contribution in [0.25, 0.3) is 0 Å². The maximum Gasteiger partial charge on any atom is 0.272 e. The molecule has 25 heavy (non-hydrogen) atoms. The summed E-state index contributed by atoms with van der Waals surface area (Å²) < 4.78 is 0. The van der Waals surface area contributed by atoms with Gasteiger partial charge in [0.25, 0.3) is 5.91 Å². The Kier molecular flexibility index (Phi) is 5.17. The van der Waals surface area contributed by atoms with Crippen LogP contribution >= 0.6 is 0 Å². The van der Waals surface area contributed by atoms with Gasteiger partial charge in [-0.1, -0.05) is 6.07 Å². The quantitative estimate of drug-likeness (QED) is 0.806. The van der Waals surface area contributed by atoms with Crippen LogP contribution in [0.4, 0.5) is 5.82 Å². The van der Waals surface area contributed by atoms with Crippen molar-refractivity contribution in [3.05, 3.63) is 47.7 Å². The molecular formula is C17H20N6O2. The summed E-state index contributed by atoms with van der Waals surface area (Å²) in [5, 5.41) is 3.18. The molecule has 0 radical (unpaired) electrons. The minimum absolute atomic E-state index is 0.142. The molecule has 130 valence electrons. The maximum atomic E-state index is 12.7. The van der Waals surface area contributed by atoms with Gasteiger partial charge in [0, 0.05) is 38.4 Å². The molecule has 3 heterocycles. The Morgan fingerprint density at radius 1 is 1.24 bits per heavy atom. The molecule has 0 aromatic carbocycles. The largest absolute Gasteiger partial charge is 0.364 e. The molecule has 0 unspecified atom stereocenters. The Morgan fingerprint density at radius 3 is 2.72 bits per heavy atom. The van der Waals surface area contributed by atoms with Crippen molar-refractivity contribution < 1.29 is 9.59 Å². The van der Waals surface area contributed by atoms with Gasteiger partial charge in [-0.2, -0.15) is 0 Å². The molecular weight excluding hydrogens is 320 g/mol. The number of pyridine rings is 1. The van der Waals surface area contributed by atoms with Gasteiger partial charge in [-0.05, 0) is 19.1 Å². The third-order valence-electron chi connectivity index (χ3n) is 3.98. The fraction of sp³-hybridized carbons (Fsp3) is 0.353. The summed E-state index contributed by atoms with van der Waals surface area (Å²) in [4.78, 5) is 39.6. The summed E-state index contributed by atoms with van der Waals surface area (Å²) in [6.45, 7) is 4.39. The number of rotatable bonds is 5. The number of nitrogens with one attached hydrogen (secondary N) is 1. The Labute approximate surface area is 145 Å². The average molecular weight is 340 g/mol. The lowest BCUT2D eigenvalue weighted by molar-refractivity contribution is -0.119. The lowest BCUT2D eigenvalue weighted by atomic mass is 10.2. The predicted molar refractivity (Wildman–Crippen MR) is 91.9 cm³/mol. The van der Waals surface area contributed by atoms with E-state index in [4.69, 9.17) is 0 Å². The van der Waals surface area contributed by atoms with Gasteiger partial charge >= 0.3 is 0 Å². The van der Waals surface area contributed by atoms with Crippen LogP contribution in [-0.4, -0.2) is 63.2 Å². The normalized spacial score (nSPS) is 14.3. The van der Waals surface area contributed by atoms with Gasteiger partial charge in [0.2, 0.25) is 6.41 Å². The molecule has 2 aromatic rings. The lowest BCUT2D eigenvalue weighted by Gasteiger charge is -2.32. The number of hydrogen-bond donors (Lipinski definition) is 1. The Hall–Kier alpha value is -3.03. The zero-order valence-electron chi connectivity index (χ0n) is 14.1. The van der Waals surface area contributed by atoms with E-state index in [2.05, 4.69) is 20.3 Å². The molecule has 1 aliphatic heterocycles. The highest BCUT2D eigenvalue weighted by molar-refractivity contribution is 5.93. The van der Waals surface area contributed by atoms with E-state index in [1.54, 1.807) is 29.0 Å². The van der Waals surface area contributed by atoms with E-state index in [0.29, 0.717) is 50.1 Å². The number of aromatic nitrogens is 3. The monoisotopic (exact) mass is 340 g/mol. The van der Waals surface area contributed by atoms with Crippen molar-refractivity contribution in [1.82, 2.24) is 24.8 Å². The van der Waals surface area contributed by atoms with E-state index >= 15 is 0 Å². The second-order valence-corrected chi connectivity index (χ2v) is 5.79. The van der Waals surface area contributed by atoms with Crippen molar-refractivity contribution in [2.24, 2.45) is 0 Å². The summed E-state index contributed by atoms with van der Waals surface area (Å²) in [6.07, 6.45) is 2.55. The Bertz CT molecular complexity index is 744. The molecule has 0 saturated carbocycles. The first-order chi connectivity index (χ1) is 12.2. The standard InChI is InChI=1S/C17H20N6O2/c1-13-20-15(17(25)23-8-6-22(12-24)7-9-23)10-16(21-13)19-11-14-4-2-3-5-18-14/h2-5,10,12H,6-9,11H2,1H3,(H,19,20,21). The van der Waals surface area contributed by atoms with E-state index in [9.17, 15) is 9.59 Å². The highest BCUT2D eigenvalue weighted by atomic mass is 16.2. The zero-order valence-corrected chi connectivity index (χ0v) is 14.1. The summed E-state index contributed by atoms with van der Waals surface area (Å²) in [5.74, 6) is 0.978. The Morgan fingerprint density at radius 2 is 2.04 bits per heavy atom.